The molecule has 0 aliphatic heterocycles. The SMILES string of the molecule is C=Cc1c(C)c2ccccc2c2ccccc12.CC.CC. The maximum atomic E-state index is 3.95. The Morgan fingerprint density at radius 2 is 1.05 bits per heavy atom. The topological polar surface area (TPSA) is 0 Å². The molecule has 0 aromatic heterocycles. The zero-order chi connectivity index (χ0) is 15.8. The van der Waals surface area contributed by atoms with E-state index in [1.807, 2.05) is 33.8 Å². The molecule has 0 bridgehead atoms. The molecule has 0 unspecified atom stereocenters. The molecule has 0 aliphatic rings. The normalized spacial score (nSPS) is 9.38. The van der Waals surface area contributed by atoms with E-state index in [4.69, 9.17) is 0 Å². The van der Waals surface area contributed by atoms with Crippen molar-refractivity contribution < 1.29 is 0 Å². The van der Waals surface area contributed by atoms with Crippen LogP contribution in [-0.2, 0) is 0 Å². The summed E-state index contributed by atoms with van der Waals surface area (Å²) in [5.41, 5.74) is 2.56. The van der Waals surface area contributed by atoms with E-state index in [-0.39, 0.29) is 0 Å². The fourth-order valence-electron chi connectivity index (χ4n) is 2.61. The third kappa shape index (κ3) is 3.16. The Morgan fingerprint density at radius 3 is 1.52 bits per heavy atom. The molecule has 0 atom stereocenters. The van der Waals surface area contributed by atoms with Gasteiger partial charge in [0.2, 0.25) is 0 Å². The number of rotatable bonds is 1. The van der Waals surface area contributed by atoms with Gasteiger partial charge in [0, 0.05) is 0 Å². The molecule has 0 saturated heterocycles. The molecule has 0 aliphatic carbocycles. The van der Waals surface area contributed by atoms with Crippen LogP contribution in [0.5, 0.6) is 0 Å². The highest BCUT2D eigenvalue weighted by Crippen LogP contribution is 2.32. The number of hydrogen-bond donors (Lipinski definition) is 0. The Balaban J connectivity index is 0.000000510. The fourth-order valence-corrected chi connectivity index (χ4v) is 2.61. The van der Waals surface area contributed by atoms with Gasteiger partial charge in [-0.3, -0.25) is 0 Å². The molecule has 110 valence electrons. The van der Waals surface area contributed by atoms with Crippen molar-refractivity contribution in [2.75, 3.05) is 0 Å². The molecular weight excluding hydrogens is 252 g/mol. The molecule has 0 heteroatoms. The van der Waals surface area contributed by atoms with Crippen molar-refractivity contribution in [1.29, 1.82) is 0 Å². The summed E-state index contributed by atoms with van der Waals surface area (Å²) in [6, 6.07) is 17.1. The van der Waals surface area contributed by atoms with Crippen molar-refractivity contribution in [2.24, 2.45) is 0 Å². The van der Waals surface area contributed by atoms with Gasteiger partial charge >= 0.3 is 0 Å². The number of hydrogen-bond acceptors (Lipinski definition) is 0. The third-order valence-electron chi connectivity index (χ3n) is 3.45. The molecule has 21 heavy (non-hydrogen) atoms. The Bertz CT molecular complexity index is 721. The molecule has 0 fully saturated rings. The summed E-state index contributed by atoms with van der Waals surface area (Å²) in [4.78, 5) is 0. The van der Waals surface area contributed by atoms with E-state index in [0.29, 0.717) is 0 Å². The Labute approximate surface area is 129 Å². The summed E-state index contributed by atoms with van der Waals surface area (Å²) in [7, 11) is 0. The molecule has 0 amide bonds. The zero-order valence-electron chi connectivity index (χ0n) is 13.9. The Hall–Kier alpha value is -2.08. The lowest BCUT2D eigenvalue weighted by atomic mass is 9.92. The van der Waals surface area contributed by atoms with E-state index in [1.165, 1.54) is 32.7 Å². The first-order chi connectivity index (χ1) is 10.3. The second-order valence-electron chi connectivity index (χ2n) is 4.33. The van der Waals surface area contributed by atoms with Crippen molar-refractivity contribution in [3.63, 3.8) is 0 Å². The van der Waals surface area contributed by atoms with Gasteiger partial charge < -0.3 is 0 Å². The number of aryl methyl sites for hydroxylation is 1. The van der Waals surface area contributed by atoms with E-state index in [1.54, 1.807) is 0 Å². The summed E-state index contributed by atoms with van der Waals surface area (Å²) in [6.45, 7) is 14.1. The Morgan fingerprint density at radius 1 is 0.667 bits per heavy atom. The van der Waals surface area contributed by atoms with E-state index >= 15 is 0 Å². The highest BCUT2D eigenvalue weighted by molar-refractivity contribution is 6.12. The maximum absolute atomic E-state index is 3.95. The Kier molecular flexibility index (Phi) is 6.68. The first kappa shape index (κ1) is 17.0. The monoisotopic (exact) mass is 278 g/mol. The third-order valence-corrected chi connectivity index (χ3v) is 3.45. The molecule has 0 radical (unpaired) electrons. The summed E-state index contributed by atoms with van der Waals surface area (Å²) in [6.07, 6.45) is 1.96. The molecule has 0 spiro atoms. The van der Waals surface area contributed by atoms with Crippen LogP contribution in [0, 0.1) is 6.92 Å². The molecular formula is C21H26. The molecule has 3 aromatic carbocycles. The lowest BCUT2D eigenvalue weighted by Crippen LogP contribution is -1.87. The molecule has 0 N–H and O–H groups in total. The van der Waals surface area contributed by atoms with Gasteiger partial charge in [-0.05, 0) is 39.6 Å². The maximum Gasteiger partial charge on any atom is -0.00992 e. The first-order valence-corrected chi connectivity index (χ1v) is 7.85. The van der Waals surface area contributed by atoms with Gasteiger partial charge in [-0.25, -0.2) is 0 Å². The number of fused-ring (bicyclic) bond motifs is 3. The molecule has 3 aromatic rings. The first-order valence-electron chi connectivity index (χ1n) is 7.85. The van der Waals surface area contributed by atoms with Gasteiger partial charge in [0.25, 0.3) is 0 Å². The van der Waals surface area contributed by atoms with Crippen LogP contribution in [0.15, 0.2) is 55.1 Å². The fraction of sp³-hybridized carbons (Fsp3) is 0.238. The molecule has 0 saturated carbocycles. The van der Waals surface area contributed by atoms with Gasteiger partial charge in [-0.2, -0.15) is 0 Å². The average molecular weight is 278 g/mol. The van der Waals surface area contributed by atoms with Gasteiger partial charge in [0.05, 0.1) is 0 Å². The second kappa shape index (κ2) is 8.26. The van der Waals surface area contributed by atoms with Crippen molar-refractivity contribution in [2.45, 2.75) is 34.6 Å². The van der Waals surface area contributed by atoms with Crippen molar-refractivity contribution >= 4 is 27.6 Å². The van der Waals surface area contributed by atoms with Crippen LogP contribution >= 0.6 is 0 Å². The quantitative estimate of drug-likeness (QED) is 0.420. The van der Waals surface area contributed by atoms with Crippen LogP contribution in [0.25, 0.3) is 27.6 Å². The largest absolute Gasteiger partial charge is 0.0984 e. The van der Waals surface area contributed by atoms with Crippen LogP contribution < -0.4 is 0 Å². The predicted molar refractivity (Wildman–Crippen MR) is 99.0 cm³/mol. The van der Waals surface area contributed by atoms with E-state index < -0.39 is 0 Å². The lowest BCUT2D eigenvalue weighted by molar-refractivity contribution is 1.50. The van der Waals surface area contributed by atoms with Gasteiger partial charge in [0.1, 0.15) is 0 Å². The summed E-state index contributed by atoms with van der Waals surface area (Å²) in [5.74, 6) is 0. The summed E-state index contributed by atoms with van der Waals surface area (Å²) in [5, 5.41) is 5.25. The van der Waals surface area contributed by atoms with Gasteiger partial charge in [-0.1, -0.05) is 88.9 Å². The van der Waals surface area contributed by atoms with Crippen molar-refractivity contribution in [1.82, 2.24) is 0 Å². The van der Waals surface area contributed by atoms with Crippen LogP contribution in [-0.4, -0.2) is 0 Å². The van der Waals surface area contributed by atoms with Gasteiger partial charge in [0.15, 0.2) is 0 Å². The van der Waals surface area contributed by atoms with Crippen LogP contribution in [0.2, 0.25) is 0 Å². The zero-order valence-corrected chi connectivity index (χ0v) is 13.9. The predicted octanol–water partition coefficient (Wildman–Crippen LogP) is 7.00. The van der Waals surface area contributed by atoms with Crippen LogP contribution in [0.3, 0.4) is 0 Å². The van der Waals surface area contributed by atoms with Crippen molar-refractivity contribution in [3.05, 3.63) is 66.2 Å². The standard InChI is InChI=1S/C17H14.2C2H6/c1-3-13-12(2)14-8-4-5-10-16(14)17-11-7-6-9-15(13)17;2*1-2/h3-11H,1H2,2H3;2*1-2H3. The molecule has 3 rings (SSSR count). The van der Waals surface area contributed by atoms with E-state index in [2.05, 4.69) is 62.0 Å². The highest BCUT2D eigenvalue weighted by Gasteiger charge is 2.07. The molecule has 0 heterocycles. The minimum absolute atomic E-state index is 1.25. The second-order valence-corrected chi connectivity index (χ2v) is 4.33. The van der Waals surface area contributed by atoms with E-state index in [0.717, 1.165) is 0 Å². The summed E-state index contributed by atoms with van der Waals surface area (Å²) < 4.78 is 0. The minimum atomic E-state index is 1.25. The van der Waals surface area contributed by atoms with Crippen molar-refractivity contribution in [3.8, 4) is 0 Å². The molecule has 0 nitrogen and oxygen atoms in total. The number of benzene rings is 3. The van der Waals surface area contributed by atoms with Crippen LogP contribution in [0.1, 0.15) is 38.8 Å². The summed E-state index contributed by atoms with van der Waals surface area (Å²) >= 11 is 0. The lowest BCUT2D eigenvalue weighted by Gasteiger charge is -2.11. The average Bonchev–Trinajstić information content (AvgIpc) is 2.59. The highest BCUT2D eigenvalue weighted by atomic mass is 14.1. The van der Waals surface area contributed by atoms with Crippen LogP contribution in [0.4, 0.5) is 0 Å². The minimum Gasteiger partial charge on any atom is -0.0984 e. The smallest absolute Gasteiger partial charge is 0.00992 e. The van der Waals surface area contributed by atoms with Gasteiger partial charge in [-0.15, -0.1) is 0 Å². The van der Waals surface area contributed by atoms with E-state index in [9.17, 15) is 0 Å².